The molecule has 0 aromatic carbocycles. The summed E-state index contributed by atoms with van der Waals surface area (Å²) in [6, 6.07) is 0. The minimum absolute atomic E-state index is 0.247. The second-order valence-corrected chi connectivity index (χ2v) is 4.88. The normalized spacial score (nSPS) is 35.7. The molecule has 0 bridgehead atoms. The first-order valence-corrected chi connectivity index (χ1v) is 7.04. The molecule has 4 atom stereocenters. The van der Waals surface area contributed by atoms with Crippen molar-refractivity contribution in [2.45, 2.75) is 37.3 Å². The van der Waals surface area contributed by atoms with E-state index < -0.39 is 6.16 Å². The Kier molecular flexibility index (Phi) is 5.36. The standard InChI is InChI=1S/C11H16Cl2O5/c12-5-9-7(1-3-15-9)17-11(14)18-8-2-4-16-10(8)6-13/h7-10H,1-6H2/t7-,8-,9+,10+/m0/s1. The van der Waals surface area contributed by atoms with Gasteiger partial charge in [0.05, 0.1) is 25.0 Å². The van der Waals surface area contributed by atoms with Crippen LogP contribution in [0.25, 0.3) is 0 Å². The summed E-state index contributed by atoms with van der Waals surface area (Å²) in [6.07, 6.45) is -0.561. The maximum Gasteiger partial charge on any atom is 0.509 e. The molecule has 104 valence electrons. The van der Waals surface area contributed by atoms with Crippen molar-refractivity contribution in [2.75, 3.05) is 25.0 Å². The first kappa shape index (κ1) is 14.2. The Balaban J connectivity index is 1.78. The molecule has 0 saturated carbocycles. The third-order valence-electron chi connectivity index (χ3n) is 3.10. The maximum absolute atomic E-state index is 11.6. The van der Waals surface area contributed by atoms with Crippen LogP contribution in [0.1, 0.15) is 12.8 Å². The number of carbonyl (C=O) groups is 1. The second-order valence-electron chi connectivity index (χ2n) is 4.27. The molecule has 0 aliphatic carbocycles. The third-order valence-corrected chi connectivity index (χ3v) is 3.71. The lowest BCUT2D eigenvalue weighted by atomic mass is 10.2. The zero-order chi connectivity index (χ0) is 13.0. The molecule has 2 saturated heterocycles. The van der Waals surface area contributed by atoms with Crippen molar-refractivity contribution in [3.63, 3.8) is 0 Å². The van der Waals surface area contributed by atoms with Crippen LogP contribution in [0.5, 0.6) is 0 Å². The minimum atomic E-state index is -0.703. The minimum Gasteiger partial charge on any atom is -0.428 e. The number of halogens is 2. The van der Waals surface area contributed by atoms with Gasteiger partial charge in [0, 0.05) is 12.8 Å². The molecule has 7 heteroatoms. The number of ether oxygens (including phenoxy) is 4. The number of hydrogen-bond acceptors (Lipinski definition) is 5. The third kappa shape index (κ3) is 3.41. The van der Waals surface area contributed by atoms with Crippen LogP contribution in [-0.4, -0.2) is 55.5 Å². The van der Waals surface area contributed by atoms with Gasteiger partial charge < -0.3 is 18.9 Å². The SMILES string of the molecule is O=C(O[C@H]1CCO[C@@H]1CCl)O[C@H]1CCO[C@@H]1CCl. The van der Waals surface area contributed by atoms with Gasteiger partial charge in [0.25, 0.3) is 0 Å². The van der Waals surface area contributed by atoms with Gasteiger partial charge in [-0.2, -0.15) is 0 Å². The molecule has 5 nitrogen and oxygen atoms in total. The summed E-state index contributed by atoms with van der Waals surface area (Å²) in [5.74, 6) is 0.601. The van der Waals surface area contributed by atoms with Crippen molar-refractivity contribution in [3.05, 3.63) is 0 Å². The van der Waals surface area contributed by atoms with Gasteiger partial charge in [0.15, 0.2) is 0 Å². The fourth-order valence-electron chi connectivity index (χ4n) is 2.09. The molecule has 0 radical (unpaired) electrons. The fourth-order valence-corrected chi connectivity index (χ4v) is 2.67. The fraction of sp³-hybridized carbons (Fsp3) is 0.909. The zero-order valence-electron chi connectivity index (χ0n) is 9.85. The molecule has 0 unspecified atom stereocenters. The van der Waals surface area contributed by atoms with Crippen LogP contribution in [0.2, 0.25) is 0 Å². The van der Waals surface area contributed by atoms with E-state index >= 15 is 0 Å². The van der Waals surface area contributed by atoms with E-state index in [0.29, 0.717) is 37.8 Å². The van der Waals surface area contributed by atoms with Crippen LogP contribution in [-0.2, 0) is 18.9 Å². The van der Waals surface area contributed by atoms with Crippen LogP contribution in [0.3, 0.4) is 0 Å². The summed E-state index contributed by atoms with van der Waals surface area (Å²) < 4.78 is 21.0. The van der Waals surface area contributed by atoms with E-state index in [0.717, 1.165) is 0 Å². The molecule has 2 rings (SSSR count). The summed E-state index contributed by atoms with van der Waals surface area (Å²) in [5.41, 5.74) is 0. The lowest BCUT2D eigenvalue weighted by Gasteiger charge is -2.20. The van der Waals surface area contributed by atoms with Gasteiger partial charge >= 0.3 is 6.16 Å². The Bertz CT molecular complexity index is 263. The molecule has 0 spiro atoms. The lowest BCUT2D eigenvalue weighted by molar-refractivity contribution is -0.0343. The van der Waals surface area contributed by atoms with Gasteiger partial charge in [-0.05, 0) is 0 Å². The number of hydrogen-bond donors (Lipinski definition) is 0. The number of carbonyl (C=O) groups excluding carboxylic acids is 1. The Labute approximate surface area is 116 Å². The summed E-state index contributed by atoms with van der Waals surface area (Å²) in [5, 5.41) is 0. The average molecular weight is 299 g/mol. The highest BCUT2D eigenvalue weighted by Gasteiger charge is 2.35. The van der Waals surface area contributed by atoms with Crippen LogP contribution < -0.4 is 0 Å². The Morgan fingerprint density at radius 1 is 1.00 bits per heavy atom. The number of alkyl halides is 2. The molecule has 0 N–H and O–H groups in total. The Morgan fingerprint density at radius 2 is 1.44 bits per heavy atom. The number of rotatable bonds is 4. The smallest absolute Gasteiger partial charge is 0.428 e. The predicted molar refractivity (Wildman–Crippen MR) is 65.3 cm³/mol. The topological polar surface area (TPSA) is 54.0 Å². The first-order valence-electron chi connectivity index (χ1n) is 5.97. The summed E-state index contributed by atoms with van der Waals surface area (Å²) in [7, 11) is 0. The molecule has 18 heavy (non-hydrogen) atoms. The molecule has 2 aliphatic rings. The van der Waals surface area contributed by atoms with Crippen molar-refractivity contribution < 1.29 is 23.7 Å². The van der Waals surface area contributed by atoms with Crippen LogP contribution in [0.4, 0.5) is 4.79 Å². The van der Waals surface area contributed by atoms with Crippen LogP contribution >= 0.6 is 23.2 Å². The zero-order valence-corrected chi connectivity index (χ0v) is 11.4. The average Bonchev–Trinajstić information content (AvgIpc) is 2.97. The second kappa shape index (κ2) is 6.80. The molecule has 0 aromatic heterocycles. The van der Waals surface area contributed by atoms with E-state index in [9.17, 15) is 4.79 Å². The van der Waals surface area contributed by atoms with E-state index in [1.165, 1.54) is 0 Å². The van der Waals surface area contributed by atoms with Crippen molar-refractivity contribution in [3.8, 4) is 0 Å². The van der Waals surface area contributed by atoms with E-state index in [1.807, 2.05) is 0 Å². The molecule has 2 aliphatic heterocycles. The Morgan fingerprint density at radius 3 is 1.83 bits per heavy atom. The van der Waals surface area contributed by atoms with Crippen LogP contribution in [0, 0.1) is 0 Å². The van der Waals surface area contributed by atoms with Gasteiger partial charge in [-0.15, -0.1) is 23.2 Å². The first-order chi connectivity index (χ1) is 8.74. The molecule has 0 aromatic rings. The maximum atomic E-state index is 11.6. The highest BCUT2D eigenvalue weighted by Crippen LogP contribution is 2.22. The Hall–Kier alpha value is -0.230. The summed E-state index contributed by atoms with van der Waals surface area (Å²) in [4.78, 5) is 11.6. The molecular weight excluding hydrogens is 283 g/mol. The summed E-state index contributed by atoms with van der Waals surface area (Å²) >= 11 is 11.4. The van der Waals surface area contributed by atoms with E-state index in [1.54, 1.807) is 0 Å². The van der Waals surface area contributed by atoms with Gasteiger partial charge in [0.2, 0.25) is 0 Å². The molecule has 2 fully saturated rings. The van der Waals surface area contributed by atoms with E-state index in [2.05, 4.69) is 0 Å². The van der Waals surface area contributed by atoms with Gasteiger partial charge in [-0.3, -0.25) is 0 Å². The molecule has 0 amide bonds. The lowest BCUT2D eigenvalue weighted by Crippen LogP contribution is -2.33. The molecule has 2 heterocycles. The quantitative estimate of drug-likeness (QED) is 0.586. The highest BCUT2D eigenvalue weighted by molar-refractivity contribution is 6.18. The predicted octanol–water partition coefficient (Wildman–Crippen LogP) is 1.93. The highest BCUT2D eigenvalue weighted by atomic mass is 35.5. The van der Waals surface area contributed by atoms with Gasteiger partial charge in [-0.25, -0.2) is 4.79 Å². The van der Waals surface area contributed by atoms with Crippen molar-refractivity contribution in [1.82, 2.24) is 0 Å². The summed E-state index contributed by atoms with van der Waals surface area (Å²) in [6.45, 7) is 1.10. The van der Waals surface area contributed by atoms with Crippen molar-refractivity contribution in [2.24, 2.45) is 0 Å². The van der Waals surface area contributed by atoms with Crippen molar-refractivity contribution in [1.29, 1.82) is 0 Å². The van der Waals surface area contributed by atoms with E-state index in [4.69, 9.17) is 42.1 Å². The van der Waals surface area contributed by atoms with Crippen molar-refractivity contribution >= 4 is 29.4 Å². The van der Waals surface area contributed by atoms with Gasteiger partial charge in [0.1, 0.15) is 24.4 Å². The van der Waals surface area contributed by atoms with E-state index in [-0.39, 0.29) is 24.4 Å². The largest absolute Gasteiger partial charge is 0.509 e. The van der Waals surface area contributed by atoms with Crippen LogP contribution in [0.15, 0.2) is 0 Å². The molecular formula is C11H16Cl2O5. The monoisotopic (exact) mass is 298 g/mol. The van der Waals surface area contributed by atoms with Gasteiger partial charge in [-0.1, -0.05) is 0 Å².